The SMILES string of the molecule is CC[C@@]1(C(=O)O)C[C@H](C(=O)N2CCCC2(C)C)[C@H](c2ccc(OC)cc2)N1C. The molecule has 0 radical (unpaired) electrons. The number of nitrogens with zero attached hydrogens (tertiary/aromatic N) is 2. The summed E-state index contributed by atoms with van der Waals surface area (Å²) in [6.45, 7) is 6.84. The Hall–Kier alpha value is -2.08. The summed E-state index contributed by atoms with van der Waals surface area (Å²) in [6.07, 6.45) is 2.76. The molecular weight excluding hydrogens is 356 g/mol. The van der Waals surface area contributed by atoms with Gasteiger partial charge in [0.15, 0.2) is 0 Å². The summed E-state index contributed by atoms with van der Waals surface area (Å²) >= 11 is 0. The number of aliphatic carboxylic acids is 1. The number of amides is 1. The Morgan fingerprint density at radius 1 is 1.25 bits per heavy atom. The van der Waals surface area contributed by atoms with Gasteiger partial charge in [-0.1, -0.05) is 19.1 Å². The zero-order chi connectivity index (χ0) is 20.7. The van der Waals surface area contributed by atoms with E-state index in [2.05, 4.69) is 13.8 Å². The Balaban J connectivity index is 2.03. The lowest BCUT2D eigenvalue weighted by Gasteiger charge is -2.36. The van der Waals surface area contributed by atoms with Gasteiger partial charge in [0.25, 0.3) is 0 Å². The standard InChI is InChI=1S/C22H32N2O4/c1-6-22(20(26)27)14-17(19(25)24-13-7-12-21(24,2)3)18(23(22)4)15-8-10-16(28-5)11-9-15/h8-11,17-18H,6-7,12-14H2,1-5H3,(H,26,27)/t17-,18-,22-/m0/s1. The number of carboxylic acids is 1. The van der Waals surface area contributed by atoms with Gasteiger partial charge in [0.05, 0.1) is 13.0 Å². The van der Waals surface area contributed by atoms with Crippen molar-refractivity contribution in [3.63, 3.8) is 0 Å². The summed E-state index contributed by atoms with van der Waals surface area (Å²) in [6, 6.07) is 7.37. The highest BCUT2D eigenvalue weighted by Crippen LogP contribution is 2.49. The van der Waals surface area contributed by atoms with E-state index in [1.165, 1.54) is 0 Å². The summed E-state index contributed by atoms with van der Waals surface area (Å²) in [5.41, 5.74) is -0.259. The van der Waals surface area contributed by atoms with Gasteiger partial charge in [-0.15, -0.1) is 0 Å². The van der Waals surface area contributed by atoms with Gasteiger partial charge in [0.2, 0.25) is 5.91 Å². The summed E-state index contributed by atoms with van der Waals surface area (Å²) in [5.74, 6) is -0.418. The monoisotopic (exact) mass is 388 g/mol. The molecule has 3 atom stereocenters. The fourth-order valence-electron chi connectivity index (χ4n) is 5.13. The molecule has 0 aromatic heterocycles. The molecule has 2 saturated heterocycles. The number of likely N-dealkylation sites (N-methyl/N-ethyl adjacent to an activating group) is 1. The van der Waals surface area contributed by atoms with Crippen molar-refractivity contribution in [1.82, 2.24) is 9.80 Å². The molecule has 0 aliphatic carbocycles. The van der Waals surface area contributed by atoms with Gasteiger partial charge in [-0.25, -0.2) is 0 Å². The molecule has 1 aromatic rings. The van der Waals surface area contributed by atoms with E-state index in [-0.39, 0.29) is 23.4 Å². The van der Waals surface area contributed by atoms with Crippen molar-refractivity contribution in [1.29, 1.82) is 0 Å². The number of rotatable bonds is 5. The van der Waals surface area contributed by atoms with Crippen molar-refractivity contribution in [3.8, 4) is 5.75 Å². The van der Waals surface area contributed by atoms with E-state index < -0.39 is 11.5 Å². The van der Waals surface area contributed by atoms with Crippen LogP contribution in [0.5, 0.6) is 5.75 Å². The van der Waals surface area contributed by atoms with Crippen molar-refractivity contribution < 1.29 is 19.4 Å². The fraction of sp³-hybridized carbons (Fsp3) is 0.636. The van der Waals surface area contributed by atoms with Gasteiger partial charge < -0.3 is 14.7 Å². The minimum absolute atomic E-state index is 0.0757. The van der Waals surface area contributed by atoms with Gasteiger partial charge >= 0.3 is 5.97 Å². The van der Waals surface area contributed by atoms with E-state index in [1.54, 1.807) is 7.11 Å². The average molecular weight is 389 g/mol. The van der Waals surface area contributed by atoms with Crippen molar-refractivity contribution in [2.45, 2.75) is 63.6 Å². The maximum Gasteiger partial charge on any atom is 0.324 e. The van der Waals surface area contributed by atoms with Crippen LogP contribution in [0.2, 0.25) is 0 Å². The third-order valence-electron chi connectivity index (χ3n) is 6.96. The highest BCUT2D eigenvalue weighted by Gasteiger charge is 2.57. The lowest BCUT2D eigenvalue weighted by Crippen LogP contribution is -2.48. The highest BCUT2D eigenvalue weighted by molar-refractivity contribution is 5.86. The summed E-state index contributed by atoms with van der Waals surface area (Å²) in [5, 5.41) is 10.1. The van der Waals surface area contributed by atoms with Gasteiger partial charge in [0.1, 0.15) is 11.3 Å². The van der Waals surface area contributed by atoms with Crippen LogP contribution in [0.4, 0.5) is 0 Å². The summed E-state index contributed by atoms with van der Waals surface area (Å²) in [7, 11) is 3.46. The van der Waals surface area contributed by atoms with E-state index in [1.807, 2.05) is 48.0 Å². The number of likely N-dealkylation sites (tertiary alicyclic amines) is 2. The largest absolute Gasteiger partial charge is 0.497 e. The van der Waals surface area contributed by atoms with E-state index in [9.17, 15) is 14.7 Å². The van der Waals surface area contributed by atoms with Crippen LogP contribution in [0.25, 0.3) is 0 Å². The topological polar surface area (TPSA) is 70.1 Å². The number of benzene rings is 1. The van der Waals surface area contributed by atoms with Crippen LogP contribution in [-0.2, 0) is 9.59 Å². The molecule has 28 heavy (non-hydrogen) atoms. The van der Waals surface area contributed by atoms with Crippen LogP contribution in [-0.4, -0.2) is 58.6 Å². The Morgan fingerprint density at radius 2 is 1.89 bits per heavy atom. The predicted molar refractivity (Wildman–Crippen MR) is 107 cm³/mol. The Bertz CT molecular complexity index is 745. The molecule has 2 aliphatic rings. The molecule has 6 heteroatoms. The summed E-state index contributed by atoms with van der Waals surface area (Å²) in [4.78, 5) is 29.8. The minimum atomic E-state index is -1.03. The van der Waals surface area contributed by atoms with E-state index in [0.29, 0.717) is 12.8 Å². The van der Waals surface area contributed by atoms with Crippen LogP contribution in [0, 0.1) is 5.92 Å². The molecule has 1 N–H and O–H groups in total. The number of hydrogen-bond donors (Lipinski definition) is 1. The Labute approximate surface area is 167 Å². The summed E-state index contributed by atoms with van der Waals surface area (Å²) < 4.78 is 5.26. The molecule has 2 aliphatic heterocycles. The molecule has 1 amide bonds. The number of methoxy groups -OCH3 is 1. The fourth-order valence-corrected chi connectivity index (χ4v) is 5.13. The first-order valence-electron chi connectivity index (χ1n) is 10.1. The van der Waals surface area contributed by atoms with Crippen LogP contribution >= 0.6 is 0 Å². The molecule has 154 valence electrons. The Kier molecular flexibility index (Phi) is 5.45. The zero-order valence-corrected chi connectivity index (χ0v) is 17.6. The van der Waals surface area contributed by atoms with Crippen LogP contribution in [0.3, 0.4) is 0 Å². The van der Waals surface area contributed by atoms with E-state index >= 15 is 0 Å². The van der Waals surface area contributed by atoms with E-state index in [4.69, 9.17) is 4.74 Å². The molecule has 0 bridgehead atoms. The quantitative estimate of drug-likeness (QED) is 0.838. The average Bonchev–Trinajstić information content (AvgIpc) is 3.18. The molecule has 0 unspecified atom stereocenters. The molecule has 2 fully saturated rings. The van der Waals surface area contributed by atoms with Crippen molar-refractivity contribution >= 4 is 11.9 Å². The third-order valence-corrected chi connectivity index (χ3v) is 6.96. The van der Waals surface area contributed by atoms with Crippen molar-refractivity contribution in [2.75, 3.05) is 20.7 Å². The lowest BCUT2D eigenvalue weighted by atomic mass is 9.86. The van der Waals surface area contributed by atoms with Crippen LogP contribution in [0.15, 0.2) is 24.3 Å². The zero-order valence-electron chi connectivity index (χ0n) is 17.6. The smallest absolute Gasteiger partial charge is 0.324 e. The molecule has 1 aromatic carbocycles. The van der Waals surface area contributed by atoms with E-state index in [0.717, 1.165) is 30.7 Å². The number of carbonyl (C=O) groups is 2. The molecule has 2 heterocycles. The lowest BCUT2D eigenvalue weighted by molar-refractivity contribution is -0.150. The second-order valence-corrected chi connectivity index (χ2v) is 8.74. The maximum atomic E-state index is 13.6. The van der Waals surface area contributed by atoms with Gasteiger partial charge in [-0.05, 0) is 64.3 Å². The normalized spacial score (nSPS) is 29.8. The Morgan fingerprint density at radius 3 is 2.36 bits per heavy atom. The molecule has 6 nitrogen and oxygen atoms in total. The number of carbonyl (C=O) groups excluding carboxylic acids is 1. The molecular formula is C22H32N2O4. The predicted octanol–water partition coefficient (Wildman–Crippen LogP) is 3.32. The molecule has 0 saturated carbocycles. The highest BCUT2D eigenvalue weighted by atomic mass is 16.5. The number of ether oxygens (including phenoxy) is 1. The van der Waals surface area contributed by atoms with Gasteiger partial charge in [-0.2, -0.15) is 0 Å². The molecule has 0 spiro atoms. The van der Waals surface area contributed by atoms with Crippen molar-refractivity contribution in [2.24, 2.45) is 5.92 Å². The minimum Gasteiger partial charge on any atom is -0.497 e. The first-order valence-corrected chi connectivity index (χ1v) is 10.1. The second kappa shape index (κ2) is 7.39. The second-order valence-electron chi connectivity index (χ2n) is 8.74. The number of carboxylic acid groups (broad SMARTS) is 1. The van der Waals surface area contributed by atoms with Crippen molar-refractivity contribution in [3.05, 3.63) is 29.8 Å². The first kappa shape index (κ1) is 20.6. The molecule has 3 rings (SSSR count). The number of hydrogen-bond acceptors (Lipinski definition) is 4. The first-order chi connectivity index (χ1) is 13.2. The van der Waals surface area contributed by atoms with Gasteiger partial charge in [-0.3, -0.25) is 14.5 Å². The van der Waals surface area contributed by atoms with Crippen LogP contribution < -0.4 is 4.74 Å². The third kappa shape index (κ3) is 3.17. The van der Waals surface area contributed by atoms with Crippen LogP contribution in [0.1, 0.15) is 58.1 Å². The van der Waals surface area contributed by atoms with Gasteiger partial charge in [0, 0.05) is 18.1 Å². The maximum absolute atomic E-state index is 13.6.